The average Bonchev–Trinajstić information content (AvgIpc) is 3.14. The lowest BCUT2D eigenvalue weighted by molar-refractivity contribution is -0.118. The predicted molar refractivity (Wildman–Crippen MR) is 122 cm³/mol. The third-order valence-corrected chi connectivity index (χ3v) is 5.16. The van der Waals surface area contributed by atoms with Gasteiger partial charge in [0.25, 0.3) is 0 Å². The van der Waals surface area contributed by atoms with Crippen molar-refractivity contribution in [2.24, 2.45) is 5.92 Å². The summed E-state index contributed by atoms with van der Waals surface area (Å²) in [6.07, 6.45) is 1.77. The number of amidine groups is 1. The van der Waals surface area contributed by atoms with Gasteiger partial charge in [0.2, 0.25) is 5.91 Å². The van der Waals surface area contributed by atoms with Crippen molar-refractivity contribution in [1.29, 1.82) is 5.41 Å². The topological polar surface area (TPSA) is 97.3 Å². The van der Waals surface area contributed by atoms with Gasteiger partial charge >= 0.3 is 6.03 Å². The Kier molecular flexibility index (Phi) is 6.95. The molecule has 0 bridgehead atoms. The standard InChI is InChI=1S/C22H26ClN5O2/c1-14(2)20(27-22(30)26-17-7-5-15(23)6-8-17)21(29)25-16-9-11-18(12-10-16)28-13-3-4-19(28)24/h5-12,14,20,24H,3-4,13H2,1-2H3,(H,25,29)(H2,26,27,30)/t20-/m1/s1. The molecule has 4 N–H and O–H groups in total. The van der Waals surface area contributed by atoms with Crippen LogP contribution >= 0.6 is 11.6 Å². The van der Waals surface area contributed by atoms with Gasteiger partial charge in [0.15, 0.2) is 0 Å². The zero-order valence-electron chi connectivity index (χ0n) is 17.0. The number of nitrogens with one attached hydrogen (secondary N) is 4. The van der Waals surface area contributed by atoms with Crippen LogP contribution in [-0.2, 0) is 4.79 Å². The molecule has 8 heteroatoms. The van der Waals surface area contributed by atoms with E-state index < -0.39 is 12.1 Å². The van der Waals surface area contributed by atoms with Gasteiger partial charge in [-0.05, 0) is 60.9 Å². The van der Waals surface area contributed by atoms with E-state index in [-0.39, 0.29) is 11.8 Å². The third kappa shape index (κ3) is 5.51. The molecule has 7 nitrogen and oxygen atoms in total. The minimum Gasteiger partial charge on any atom is -0.330 e. The minimum absolute atomic E-state index is 0.106. The molecule has 1 atom stereocenters. The number of amides is 3. The predicted octanol–water partition coefficient (Wildman–Crippen LogP) is 4.70. The average molecular weight is 428 g/mol. The highest BCUT2D eigenvalue weighted by molar-refractivity contribution is 6.30. The lowest BCUT2D eigenvalue weighted by Crippen LogP contribution is -2.48. The number of carbonyl (C=O) groups excluding carboxylic acids is 2. The van der Waals surface area contributed by atoms with Crippen LogP contribution in [0.4, 0.5) is 21.9 Å². The fraction of sp³-hybridized carbons (Fsp3) is 0.318. The van der Waals surface area contributed by atoms with Crippen LogP contribution in [0.1, 0.15) is 26.7 Å². The molecule has 3 rings (SSSR count). The molecule has 1 saturated heterocycles. The number of carbonyl (C=O) groups is 2. The van der Waals surface area contributed by atoms with Crippen molar-refractivity contribution in [3.63, 3.8) is 0 Å². The molecule has 30 heavy (non-hydrogen) atoms. The largest absolute Gasteiger partial charge is 0.330 e. The van der Waals surface area contributed by atoms with Crippen LogP contribution in [0.3, 0.4) is 0 Å². The molecular weight excluding hydrogens is 402 g/mol. The Morgan fingerprint density at radius 3 is 2.17 bits per heavy atom. The van der Waals surface area contributed by atoms with Crippen molar-refractivity contribution < 1.29 is 9.59 Å². The van der Waals surface area contributed by atoms with Crippen LogP contribution < -0.4 is 20.9 Å². The second-order valence-electron chi connectivity index (χ2n) is 7.57. The van der Waals surface area contributed by atoms with E-state index in [4.69, 9.17) is 17.0 Å². The van der Waals surface area contributed by atoms with Gasteiger partial charge in [0.05, 0.1) is 0 Å². The molecule has 1 heterocycles. The number of urea groups is 1. The maximum atomic E-state index is 12.8. The minimum atomic E-state index is -0.705. The Bertz CT molecular complexity index is 912. The summed E-state index contributed by atoms with van der Waals surface area (Å²) in [6, 6.07) is 13.0. The van der Waals surface area contributed by atoms with Crippen LogP contribution in [0.2, 0.25) is 5.02 Å². The van der Waals surface area contributed by atoms with Crippen molar-refractivity contribution in [1.82, 2.24) is 5.32 Å². The number of anilines is 3. The highest BCUT2D eigenvalue weighted by Gasteiger charge is 2.25. The van der Waals surface area contributed by atoms with Gasteiger partial charge in [0.1, 0.15) is 11.9 Å². The van der Waals surface area contributed by atoms with Gasteiger partial charge in [-0.15, -0.1) is 0 Å². The molecular formula is C22H26ClN5O2. The summed E-state index contributed by atoms with van der Waals surface area (Å²) >= 11 is 5.85. The van der Waals surface area contributed by atoms with Gasteiger partial charge in [-0.2, -0.15) is 0 Å². The van der Waals surface area contributed by atoms with Crippen LogP contribution in [-0.4, -0.2) is 30.4 Å². The maximum absolute atomic E-state index is 12.8. The van der Waals surface area contributed by atoms with Gasteiger partial charge in [-0.25, -0.2) is 4.79 Å². The van der Waals surface area contributed by atoms with E-state index in [9.17, 15) is 9.59 Å². The summed E-state index contributed by atoms with van der Waals surface area (Å²) in [7, 11) is 0. The molecule has 1 aliphatic heterocycles. The first-order valence-corrected chi connectivity index (χ1v) is 10.3. The van der Waals surface area contributed by atoms with E-state index in [1.807, 2.05) is 43.0 Å². The Balaban J connectivity index is 1.60. The smallest absolute Gasteiger partial charge is 0.319 e. The van der Waals surface area contributed by atoms with Crippen molar-refractivity contribution in [3.8, 4) is 0 Å². The van der Waals surface area contributed by atoms with Crippen LogP contribution in [0, 0.1) is 11.3 Å². The van der Waals surface area contributed by atoms with Crippen LogP contribution in [0.5, 0.6) is 0 Å². The molecule has 0 saturated carbocycles. The monoisotopic (exact) mass is 427 g/mol. The first-order chi connectivity index (χ1) is 14.3. The summed E-state index contributed by atoms with van der Waals surface area (Å²) in [5.41, 5.74) is 2.17. The lowest BCUT2D eigenvalue weighted by Gasteiger charge is -2.22. The molecule has 1 aliphatic rings. The van der Waals surface area contributed by atoms with Crippen molar-refractivity contribution in [3.05, 3.63) is 53.6 Å². The summed E-state index contributed by atoms with van der Waals surface area (Å²) in [6.45, 7) is 4.58. The first kappa shape index (κ1) is 21.6. The normalized spacial score (nSPS) is 14.5. The second kappa shape index (κ2) is 9.63. The highest BCUT2D eigenvalue weighted by Crippen LogP contribution is 2.23. The first-order valence-electron chi connectivity index (χ1n) is 9.92. The van der Waals surface area contributed by atoms with Crippen molar-refractivity contribution in [2.75, 3.05) is 22.1 Å². The van der Waals surface area contributed by atoms with Gasteiger partial charge in [-0.3, -0.25) is 10.2 Å². The Labute approximate surface area is 181 Å². The second-order valence-corrected chi connectivity index (χ2v) is 8.00. The zero-order valence-corrected chi connectivity index (χ0v) is 17.8. The summed E-state index contributed by atoms with van der Waals surface area (Å²) in [4.78, 5) is 27.1. The summed E-state index contributed by atoms with van der Waals surface area (Å²) < 4.78 is 0. The molecule has 2 aromatic rings. The number of hydrogen-bond donors (Lipinski definition) is 4. The van der Waals surface area contributed by atoms with E-state index in [0.29, 0.717) is 22.2 Å². The van der Waals surface area contributed by atoms with Crippen LogP contribution in [0.15, 0.2) is 48.5 Å². The Morgan fingerprint density at radius 1 is 1.00 bits per heavy atom. The molecule has 158 valence electrons. The van der Waals surface area contributed by atoms with Crippen molar-refractivity contribution >= 4 is 46.4 Å². The van der Waals surface area contributed by atoms with E-state index in [2.05, 4.69) is 16.0 Å². The van der Waals surface area contributed by atoms with E-state index >= 15 is 0 Å². The summed E-state index contributed by atoms with van der Waals surface area (Å²) in [5, 5.41) is 16.8. The number of hydrogen-bond acceptors (Lipinski definition) is 3. The van der Waals surface area contributed by atoms with E-state index in [0.717, 1.165) is 25.1 Å². The van der Waals surface area contributed by atoms with Gasteiger partial charge in [0, 0.05) is 35.1 Å². The molecule has 0 aromatic heterocycles. The molecule has 0 spiro atoms. The van der Waals surface area contributed by atoms with E-state index in [1.165, 1.54) is 0 Å². The third-order valence-electron chi connectivity index (χ3n) is 4.91. The van der Waals surface area contributed by atoms with Gasteiger partial charge in [-0.1, -0.05) is 25.4 Å². The molecule has 0 aliphatic carbocycles. The quantitative estimate of drug-likeness (QED) is 0.537. The molecule has 3 amide bonds. The van der Waals surface area contributed by atoms with Crippen molar-refractivity contribution in [2.45, 2.75) is 32.7 Å². The maximum Gasteiger partial charge on any atom is 0.319 e. The SMILES string of the molecule is CC(C)[C@@H](NC(=O)Nc1ccc(Cl)cc1)C(=O)Nc1ccc(N2CCCC2=N)cc1. The lowest BCUT2D eigenvalue weighted by atomic mass is 10.0. The molecule has 0 unspecified atom stereocenters. The number of benzene rings is 2. The summed E-state index contributed by atoms with van der Waals surface area (Å²) in [5.74, 6) is 0.214. The fourth-order valence-electron chi connectivity index (χ4n) is 3.28. The molecule has 1 fully saturated rings. The molecule has 2 aromatic carbocycles. The fourth-order valence-corrected chi connectivity index (χ4v) is 3.41. The van der Waals surface area contributed by atoms with Crippen LogP contribution in [0.25, 0.3) is 0 Å². The Morgan fingerprint density at radius 2 is 1.60 bits per heavy atom. The highest BCUT2D eigenvalue weighted by atomic mass is 35.5. The van der Waals surface area contributed by atoms with E-state index in [1.54, 1.807) is 24.3 Å². The Hall–Kier alpha value is -3.06. The number of halogens is 1. The zero-order chi connectivity index (χ0) is 21.7. The number of nitrogens with zero attached hydrogens (tertiary/aromatic N) is 1. The number of rotatable bonds is 6. The molecule has 0 radical (unpaired) electrons. The van der Waals surface area contributed by atoms with Gasteiger partial charge < -0.3 is 20.9 Å².